The van der Waals surface area contributed by atoms with Gasteiger partial charge >= 0.3 is 6.09 Å². The van der Waals surface area contributed by atoms with Crippen molar-refractivity contribution < 1.29 is 24.5 Å². The standard InChI is InChI=1S/C22H25NO5/c24-12-21-20(25)10-9-14(28-21)11-23-22(26)27-13-19-17-7-3-1-5-15(17)16-6-2-4-8-18(16)19/h1-8,14,19-21,24-25H,9-13H2,(H,23,26)/t14?,20-,21+/m0/s1. The maximum atomic E-state index is 12.2. The molecular formula is C22H25NO5. The van der Waals surface area contributed by atoms with Gasteiger partial charge in [-0.05, 0) is 35.1 Å². The molecule has 0 radical (unpaired) electrons. The molecule has 2 aliphatic rings. The number of hydrogen-bond acceptors (Lipinski definition) is 5. The van der Waals surface area contributed by atoms with Crippen molar-refractivity contribution >= 4 is 6.09 Å². The summed E-state index contributed by atoms with van der Waals surface area (Å²) in [6.07, 6.45) is -0.805. The topological polar surface area (TPSA) is 88.0 Å². The molecule has 28 heavy (non-hydrogen) atoms. The van der Waals surface area contributed by atoms with Gasteiger partial charge in [-0.25, -0.2) is 4.79 Å². The fraction of sp³-hybridized carbons (Fsp3) is 0.409. The van der Waals surface area contributed by atoms with E-state index in [1.54, 1.807) is 0 Å². The first-order chi connectivity index (χ1) is 13.7. The first-order valence-corrected chi connectivity index (χ1v) is 9.70. The Bertz CT molecular complexity index is 794. The molecule has 0 bridgehead atoms. The number of ether oxygens (including phenoxy) is 2. The minimum atomic E-state index is -0.657. The molecule has 2 aromatic rings. The molecule has 0 saturated carbocycles. The highest BCUT2D eigenvalue weighted by atomic mass is 16.6. The van der Waals surface area contributed by atoms with E-state index in [2.05, 4.69) is 29.6 Å². The number of aliphatic hydroxyl groups excluding tert-OH is 2. The lowest BCUT2D eigenvalue weighted by atomic mass is 9.98. The Hall–Kier alpha value is -2.41. The molecule has 3 N–H and O–H groups in total. The largest absolute Gasteiger partial charge is 0.449 e. The van der Waals surface area contributed by atoms with Gasteiger partial charge in [0.15, 0.2) is 0 Å². The van der Waals surface area contributed by atoms with Crippen LogP contribution in [-0.4, -0.2) is 54.4 Å². The summed E-state index contributed by atoms with van der Waals surface area (Å²) in [6.45, 7) is 0.325. The van der Waals surface area contributed by atoms with E-state index in [1.165, 1.54) is 22.3 Å². The highest BCUT2D eigenvalue weighted by Gasteiger charge is 2.31. The van der Waals surface area contributed by atoms with Gasteiger partial charge in [0.1, 0.15) is 12.7 Å². The molecule has 6 nitrogen and oxygen atoms in total. The van der Waals surface area contributed by atoms with Crippen molar-refractivity contribution in [2.24, 2.45) is 0 Å². The molecule has 148 valence electrons. The molecule has 1 fully saturated rings. The van der Waals surface area contributed by atoms with Gasteiger partial charge in [0.2, 0.25) is 0 Å². The van der Waals surface area contributed by atoms with Gasteiger partial charge in [0, 0.05) is 12.5 Å². The maximum absolute atomic E-state index is 12.2. The van der Waals surface area contributed by atoms with Gasteiger partial charge in [-0.3, -0.25) is 0 Å². The van der Waals surface area contributed by atoms with E-state index in [1.807, 2.05) is 24.3 Å². The number of carbonyl (C=O) groups is 1. The van der Waals surface area contributed by atoms with Crippen LogP contribution in [0.3, 0.4) is 0 Å². The van der Waals surface area contributed by atoms with Crippen molar-refractivity contribution in [1.29, 1.82) is 0 Å². The molecule has 3 atom stereocenters. The predicted molar refractivity (Wildman–Crippen MR) is 104 cm³/mol. The predicted octanol–water partition coefficient (Wildman–Crippen LogP) is 2.43. The molecule has 0 spiro atoms. The third kappa shape index (κ3) is 3.76. The quantitative estimate of drug-likeness (QED) is 0.738. The number of benzene rings is 2. The second-order valence-electron chi connectivity index (χ2n) is 7.33. The minimum Gasteiger partial charge on any atom is -0.449 e. The zero-order valence-corrected chi connectivity index (χ0v) is 15.6. The van der Waals surface area contributed by atoms with Crippen LogP contribution in [-0.2, 0) is 9.47 Å². The van der Waals surface area contributed by atoms with E-state index < -0.39 is 18.3 Å². The zero-order valence-electron chi connectivity index (χ0n) is 15.6. The van der Waals surface area contributed by atoms with Crippen LogP contribution in [0.4, 0.5) is 4.79 Å². The normalized spacial score (nSPS) is 23.7. The van der Waals surface area contributed by atoms with Crippen LogP contribution in [0.5, 0.6) is 0 Å². The second kappa shape index (κ2) is 8.31. The average molecular weight is 383 g/mol. The van der Waals surface area contributed by atoms with Crippen LogP contribution in [0, 0.1) is 0 Å². The second-order valence-corrected chi connectivity index (χ2v) is 7.33. The van der Waals surface area contributed by atoms with Crippen LogP contribution in [0.15, 0.2) is 48.5 Å². The van der Waals surface area contributed by atoms with E-state index in [-0.39, 0.29) is 25.2 Å². The van der Waals surface area contributed by atoms with E-state index in [4.69, 9.17) is 9.47 Å². The fourth-order valence-electron chi connectivity index (χ4n) is 4.11. The van der Waals surface area contributed by atoms with E-state index in [0.29, 0.717) is 19.4 Å². The fourth-order valence-corrected chi connectivity index (χ4v) is 4.11. The van der Waals surface area contributed by atoms with Crippen LogP contribution in [0.2, 0.25) is 0 Å². The highest BCUT2D eigenvalue weighted by molar-refractivity contribution is 5.79. The summed E-state index contributed by atoms with van der Waals surface area (Å²) in [5.74, 6) is 0.0259. The monoisotopic (exact) mass is 383 g/mol. The maximum Gasteiger partial charge on any atom is 0.407 e. The van der Waals surface area contributed by atoms with Crippen LogP contribution in [0.1, 0.15) is 29.9 Å². The number of fused-ring (bicyclic) bond motifs is 3. The minimum absolute atomic E-state index is 0.0259. The van der Waals surface area contributed by atoms with Gasteiger partial charge in [-0.1, -0.05) is 48.5 Å². The Labute approximate surface area is 164 Å². The molecule has 1 heterocycles. The number of hydrogen-bond donors (Lipinski definition) is 3. The number of amides is 1. The number of carbonyl (C=O) groups excluding carboxylic acids is 1. The Kier molecular flexibility index (Phi) is 5.62. The summed E-state index contributed by atoms with van der Waals surface area (Å²) in [7, 11) is 0. The van der Waals surface area contributed by atoms with Crippen molar-refractivity contribution in [3.8, 4) is 11.1 Å². The van der Waals surface area contributed by atoms with Crippen molar-refractivity contribution in [2.45, 2.75) is 37.1 Å². The van der Waals surface area contributed by atoms with Crippen LogP contribution < -0.4 is 5.32 Å². The summed E-state index contributed by atoms with van der Waals surface area (Å²) in [4.78, 5) is 12.2. The molecule has 1 aliphatic heterocycles. The first kappa shape index (κ1) is 18.9. The third-order valence-electron chi connectivity index (χ3n) is 5.58. The van der Waals surface area contributed by atoms with Gasteiger partial charge in [0.05, 0.1) is 18.8 Å². The number of alkyl carbamates (subject to hydrolysis) is 1. The number of nitrogens with one attached hydrogen (secondary N) is 1. The van der Waals surface area contributed by atoms with Crippen molar-refractivity contribution in [2.75, 3.05) is 19.8 Å². The summed E-state index contributed by atoms with van der Waals surface area (Å²) >= 11 is 0. The van der Waals surface area contributed by atoms with Crippen LogP contribution >= 0.6 is 0 Å². The van der Waals surface area contributed by atoms with Gasteiger partial charge < -0.3 is 25.0 Å². The summed E-state index contributed by atoms with van der Waals surface area (Å²) in [5, 5.41) is 21.7. The van der Waals surface area contributed by atoms with Gasteiger partial charge in [-0.15, -0.1) is 0 Å². The lowest BCUT2D eigenvalue weighted by Crippen LogP contribution is -2.45. The molecule has 1 saturated heterocycles. The highest BCUT2D eigenvalue weighted by Crippen LogP contribution is 2.44. The van der Waals surface area contributed by atoms with Gasteiger partial charge in [-0.2, -0.15) is 0 Å². The van der Waals surface area contributed by atoms with Crippen molar-refractivity contribution in [3.05, 3.63) is 59.7 Å². The summed E-state index contributed by atoms with van der Waals surface area (Å²) < 4.78 is 11.1. The van der Waals surface area contributed by atoms with Crippen LogP contribution in [0.25, 0.3) is 11.1 Å². The lowest BCUT2D eigenvalue weighted by Gasteiger charge is -2.32. The Morgan fingerprint density at radius 2 is 1.71 bits per heavy atom. The number of aliphatic hydroxyl groups is 2. The Morgan fingerprint density at radius 1 is 1.07 bits per heavy atom. The third-order valence-corrected chi connectivity index (χ3v) is 5.58. The lowest BCUT2D eigenvalue weighted by molar-refractivity contribution is -0.131. The summed E-state index contributed by atoms with van der Waals surface area (Å²) in [6, 6.07) is 16.4. The molecule has 1 unspecified atom stereocenters. The Balaban J connectivity index is 1.33. The molecule has 4 rings (SSSR count). The van der Waals surface area contributed by atoms with E-state index >= 15 is 0 Å². The van der Waals surface area contributed by atoms with Crippen molar-refractivity contribution in [1.82, 2.24) is 5.32 Å². The Morgan fingerprint density at radius 3 is 2.36 bits per heavy atom. The first-order valence-electron chi connectivity index (χ1n) is 9.70. The molecule has 1 amide bonds. The van der Waals surface area contributed by atoms with E-state index in [0.717, 1.165) is 0 Å². The molecule has 2 aromatic carbocycles. The molecule has 6 heteroatoms. The van der Waals surface area contributed by atoms with Crippen molar-refractivity contribution in [3.63, 3.8) is 0 Å². The molecular weight excluding hydrogens is 358 g/mol. The summed E-state index contributed by atoms with van der Waals surface area (Å²) in [5.41, 5.74) is 4.73. The SMILES string of the molecule is O=C(NCC1CC[C@H](O)[C@@H](CO)O1)OCC1c2ccccc2-c2ccccc21. The van der Waals surface area contributed by atoms with E-state index in [9.17, 15) is 15.0 Å². The zero-order chi connectivity index (χ0) is 19.5. The smallest absolute Gasteiger partial charge is 0.407 e. The molecule has 0 aromatic heterocycles. The average Bonchev–Trinajstić information content (AvgIpc) is 3.05. The van der Waals surface area contributed by atoms with Gasteiger partial charge in [0.25, 0.3) is 0 Å². The number of rotatable bonds is 5. The molecule has 1 aliphatic carbocycles.